The minimum Gasteiger partial charge on any atom is -0.368 e. The molecule has 6 heteroatoms. The number of carbonyl (C=O) groups excluding carboxylic acids is 2. The van der Waals surface area contributed by atoms with Crippen molar-refractivity contribution in [1.82, 2.24) is 5.32 Å². The lowest BCUT2D eigenvalue weighted by Gasteiger charge is -2.17. The molecule has 0 aliphatic rings. The van der Waals surface area contributed by atoms with E-state index in [0.29, 0.717) is 0 Å². The maximum Gasteiger partial charge on any atom is 0.252 e. The summed E-state index contributed by atoms with van der Waals surface area (Å²) < 4.78 is 26.3. The van der Waals surface area contributed by atoms with Gasteiger partial charge in [-0.15, -0.1) is 0 Å². The van der Waals surface area contributed by atoms with Crippen LogP contribution < -0.4 is 11.1 Å². The van der Waals surface area contributed by atoms with Crippen LogP contribution in [0, 0.1) is 11.6 Å². The maximum absolute atomic E-state index is 13.3. The van der Waals surface area contributed by atoms with E-state index in [1.54, 1.807) is 0 Å². The van der Waals surface area contributed by atoms with Crippen molar-refractivity contribution in [2.45, 2.75) is 12.5 Å². The van der Waals surface area contributed by atoms with Crippen LogP contribution in [0.3, 0.4) is 0 Å². The molecule has 0 bridgehead atoms. The smallest absolute Gasteiger partial charge is 0.252 e. The summed E-state index contributed by atoms with van der Waals surface area (Å²) in [5.41, 5.74) is 6.18. The van der Waals surface area contributed by atoms with E-state index in [1.165, 1.54) is 0 Å². The molecule has 0 saturated heterocycles. The number of nitrogens with one attached hydrogen (secondary N) is 1. The standard InChI is InChI=1S/C20H16F2N2O2/c21-16-9-8-14(10-17(16)22)20(26)24-18(19(23)25)11-13-6-3-5-12-4-1-2-7-15(12)13/h1-10,18H,11H2,(H2,23,25)(H,24,26)/t18-/m1/s1. The Bertz CT molecular complexity index is 983. The molecule has 0 aromatic heterocycles. The quantitative estimate of drug-likeness (QED) is 0.739. The largest absolute Gasteiger partial charge is 0.368 e. The van der Waals surface area contributed by atoms with Gasteiger partial charge in [-0.3, -0.25) is 9.59 Å². The van der Waals surface area contributed by atoms with Gasteiger partial charge in [-0.05, 0) is 34.5 Å². The lowest BCUT2D eigenvalue weighted by Crippen LogP contribution is -2.45. The maximum atomic E-state index is 13.3. The molecule has 3 aromatic rings. The van der Waals surface area contributed by atoms with Gasteiger partial charge in [-0.2, -0.15) is 0 Å². The Kier molecular flexibility index (Phi) is 4.93. The highest BCUT2D eigenvalue weighted by atomic mass is 19.2. The van der Waals surface area contributed by atoms with Gasteiger partial charge in [0.15, 0.2) is 11.6 Å². The van der Waals surface area contributed by atoms with Crippen LogP contribution in [-0.2, 0) is 11.2 Å². The first-order valence-electron chi connectivity index (χ1n) is 7.97. The number of hydrogen-bond donors (Lipinski definition) is 2. The number of amides is 2. The van der Waals surface area contributed by atoms with E-state index in [2.05, 4.69) is 5.32 Å². The summed E-state index contributed by atoms with van der Waals surface area (Å²) in [6, 6.07) is 15.1. The highest BCUT2D eigenvalue weighted by Crippen LogP contribution is 2.20. The number of hydrogen-bond acceptors (Lipinski definition) is 2. The number of fused-ring (bicyclic) bond motifs is 1. The molecular weight excluding hydrogens is 338 g/mol. The summed E-state index contributed by atoms with van der Waals surface area (Å²) >= 11 is 0. The van der Waals surface area contributed by atoms with Crippen molar-refractivity contribution >= 4 is 22.6 Å². The molecule has 0 heterocycles. The van der Waals surface area contributed by atoms with Gasteiger partial charge in [0.05, 0.1) is 0 Å². The minimum atomic E-state index is -1.14. The Hall–Kier alpha value is -3.28. The van der Waals surface area contributed by atoms with Crippen LogP contribution >= 0.6 is 0 Å². The second-order valence-electron chi connectivity index (χ2n) is 5.90. The zero-order valence-corrected chi connectivity index (χ0v) is 13.7. The molecule has 1 atom stereocenters. The Morgan fingerprint density at radius 2 is 1.69 bits per heavy atom. The van der Waals surface area contributed by atoms with Crippen LogP contribution in [0.5, 0.6) is 0 Å². The molecule has 3 rings (SSSR count). The number of primary amides is 1. The molecule has 26 heavy (non-hydrogen) atoms. The van der Waals surface area contributed by atoms with Crippen molar-refractivity contribution in [3.63, 3.8) is 0 Å². The van der Waals surface area contributed by atoms with Crippen molar-refractivity contribution in [2.24, 2.45) is 5.73 Å². The number of halogens is 2. The lowest BCUT2D eigenvalue weighted by molar-refractivity contribution is -0.119. The first-order chi connectivity index (χ1) is 12.5. The van der Waals surface area contributed by atoms with E-state index in [1.807, 2.05) is 42.5 Å². The molecule has 0 aliphatic heterocycles. The summed E-state index contributed by atoms with van der Waals surface area (Å²) in [5, 5.41) is 4.44. The Labute approximate surface area is 148 Å². The van der Waals surface area contributed by atoms with E-state index < -0.39 is 29.5 Å². The van der Waals surface area contributed by atoms with E-state index in [4.69, 9.17) is 5.73 Å². The van der Waals surface area contributed by atoms with Crippen LogP contribution in [-0.4, -0.2) is 17.9 Å². The molecule has 3 N–H and O–H groups in total. The minimum absolute atomic E-state index is 0.0898. The lowest BCUT2D eigenvalue weighted by atomic mass is 9.98. The topological polar surface area (TPSA) is 72.2 Å². The van der Waals surface area contributed by atoms with Gasteiger partial charge in [-0.25, -0.2) is 8.78 Å². The molecule has 0 fully saturated rings. The first kappa shape index (κ1) is 17.5. The molecular formula is C20H16F2N2O2. The third-order valence-electron chi connectivity index (χ3n) is 4.13. The fourth-order valence-corrected chi connectivity index (χ4v) is 2.79. The van der Waals surface area contributed by atoms with Gasteiger partial charge in [0, 0.05) is 12.0 Å². The zero-order valence-electron chi connectivity index (χ0n) is 13.7. The highest BCUT2D eigenvalue weighted by Gasteiger charge is 2.21. The van der Waals surface area contributed by atoms with Crippen LogP contribution in [0.25, 0.3) is 10.8 Å². The van der Waals surface area contributed by atoms with E-state index >= 15 is 0 Å². The van der Waals surface area contributed by atoms with Crippen molar-refractivity contribution in [2.75, 3.05) is 0 Å². The number of carbonyl (C=O) groups is 2. The summed E-state index contributed by atoms with van der Waals surface area (Å²) in [7, 11) is 0. The second kappa shape index (κ2) is 7.31. The van der Waals surface area contributed by atoms with Crippen LogP contribution in [0.4, 0.5) is 8.78 Å². The third kappa shape index (κ3) is 3.69. The van der Waals surface area contributed by atoms with Gasteiger partial charge in [0.25, 0.3) is 5.91 Å². The fraction of sp³-hybridized carbons (Fsp3) is 0.100. The van der Waals surface area contributed by atoms with Crippen molar-refractivity contribution in [3.05, 3.63) is 83.4 Å². The summed E-state index contributed by atoms with van der Waals surface area (Å²) in [6.45, 7) is 0. The van der Waals surface area contributed by atoms with Gasteiger partial charge in [0.2, 0.25) is 5.91 Å². The highest BCUT2D eigenvalue weighted by molar-refractivity contribution is 5.97. The van der Waals surface area contributed by atoms with Crippen LogP contribution in [0.2, 0.25) is 0 Å². The van der Waals surface area contributed by atoms with Crippen molar-refractivity contribution < 1.29 is 18.4 Å². The predicted octanol–water partition coefficient (Wildman–Crippen LogP) is 2.94. The molecule has 132 valence electrons. The molecule has 0 aliphatic carbocycles. The van der Waals surface area contributed by atoms with Crippen LogP contribution in [0.15, 0.2) is 60.7 Å². The van der Waals surface area contributed by atoms with Crippen LogP contribution in [0.1, 0.15) is 15.9 Å². The van der Waals surface area contributed by atoms with Gasteiger partial charge in [-0.1, -0.05) is 42.5 Å². The average Bonchev–Trinajstić information content (AvgIpc) is 2.63. The van der Waals surface area contributed by atoms with Gasteiger partial charge >= 0.3 is 0 Å². The summed E-state index contributed by atoms with van der Waals surface area (Å²) in [6.07, 6.45) is 0.187. The molecule has 3 aromatic carbocycles. The van der Waals surface area contributed by atoms with Crippen molar-refractivity contribution in [1.29, 1.82) is 0 Å². The number of benzene rings is 3. The Morgan fingerprint density at radius 1 is 0.962 bits per heavy atom. The van der Waals surface area contributed by atoms with E-state index in [-0.39, 0.29) is 12.0 Å². The first-order valence-corrected chi connectivity index (χ1v) is 7.97. The molecule has 4 nitrogen and oxygen atoms in total. The van der Waals surface area contributed by atoms with E-state index in [0.717, 1.165) is 34.5 Å². The zero-order chi connectivity index (χ0) is 18.7. The van der Waals surface area contributed by atoms with Gasteiger partial charge in [0.1, 0.15) is 6.04 Å². The predicted molar refractivity (Wildman–Crippen MR) is 94.5 cm³/mol. The summed E-state index contributed by atoms with van der Waals surface area (Å²) in [5.74, 6) is -3.60. The Morgan fingerprint density at radius 3 is 2.42 bits per heavy atom. The van der Waals surface area contributed by atoms with Gasteiger partial charge < -0.3 is 11.1 Å². The van der Waals surface area contributed by atoms with Crippen molar-refractivity contribution in [3.8, 4) is 0 Å². The normalized spacial score (nSPS) is 11.9. The molecule has 0 unspecified atom stereocenters. The molecule has 0 saturated carbocycles. The monoisotopic (exact) mass is 354 g/mol. The fourth-order valence-electron chi connectivity index (χ4n) is 2.79. The second-order valence-corrected chi connectivity index (χ2v) is 5.90. The average molecular weight is 354 g/mol. The molecule has 2 amide bonds. The Balaban J connectivity index is 1.84. The number of nitrogens with two attached hydrogens (primary N) is 1. The summed E-state index contributed by atoms with van der Waals surface area (Å²) in [4.78, 5) is 24.1. The molecule has 0 radical (unpaired) electrons. The molecule has 0 spiro atoms. The van der Waals surface area contributed by atoms with E-state index in [9.17, 15) is 18.4 Å². The SMILES string of the molecule is NC(=O)[C@@H](Cc1cccc2ccccc12)NC(=O)c1ccc(F)c(F)c1. The third-order valence-corrected chi connectivity index (χ3v) is 4.13. The number of rotatable bonds is 5.